The summed E-state index contributed by atoms with van der Waals surface area (Å²) in [6, 6.07) is 10.7. The molecule has 2 aromatic rings. The van der Waals surface area contributed by atoms with Gasteiger partial charge in [-0.3, -0.25) is 0 Å². The highest BCUT2D eigenvalue weighted by Crippen LogP contribution is 2.27. The normalized spacial score (nSPS) is 12.2. The molecule has 0 aliphatic rings. The quantitative estimate of drug-likeness (QED) is 0.922. The predicted octanol–water partition coefficient (Wildman–Crippen LogP) is 3.69. The summed E-state index contributed by atoms with van der Waals surface area (Å²) in [5.41, 5.74) is 10.2. The topological polar surface area (TPSA) is 35.2 Å². The van der Waals surface area contributed by atoms with E-state index in [1.54, 1.807) is 7.11 Å². The lowest BCUT2D eigenvalue weighted by Crippen LogP contribution is -2.17. The summed E-state index contributed by atoms with van der Waals surface area (Å²) < 4.78 is 18.7. The second kappa shape index (κ2) is 6.06. The minimum Gasteiger partial charge on any atom is -0.496 e. The van der Waals surface area contributed by atoms with Gasteiger partial charge in [-0.1, -0.05) is 18.2 Å². The van der Waals surface area contributed by atoms with E-state index >= 15 is 0 Å². The van der Waals surface area contributed by atoms with Gasteiger partial charge >= 0.3 is 0 Å². The van der Waals surface area contributed by atoms with E-state index < -0.39 is 0 Å². The molecule has 0 saturated carbocycles. The summed E-state index contributed by atoms with van der Waals surface area (Å²) in [6.45, 7) is 3.79. The fourth-order valence-corrected chi connectivity index (χ4v) is 2.72. The number of rotatable bonds is 4. The maximum atomic E-state index is 13.4. The van der Waals surface area contributed by atoms with Gasteiger partial charge in [-0.15, -0.1) is 0 Å². The average Bonchev–Trinajstić information content (AvgIpc) is 2.38. The molecule has 0 amide bonds. The summed E-state index contributed by atoms with van der Waals surface area (Å²) in [6.07, 6.45) is 0.664. The molecule has 0 bridgehead atoms. The highest BCUT2D eigenvalue weighted by atomic mass is 19.1. The number of hydrogen-bond acceptors (Lipinski definition) is 2. The fraction of sp³-hybridized carbons (Fsp3) is 0.294. The van der Waals surface area contributed by atoms with Crippen LogP contribution in [-0.2, 0) is 6.42 Å². The first-order valence-electron chi connectivity index (χ1n) is 6.67. The Morgan fingerprint density at radius 3 is 2.35 bits per heavy atom. The van der Waals surface area contributed by atoms with Gasteiger partial charge in [0, 0.05) is 6.04 Å². The first-order valence-corrected chi connectivity index (χ1v) is 6.67. The van der Waals surface area contributed by atoms with Gasteiger partial charge in [0.1, 0.15) is 11.6 Å². The third-order valence-electron chi connectivity index (χ3n) is 3.56. The Morgan fingerprint density at radius 2 is 1.75 bits per heavy atom. The fourth-order valence-electron chi connectivity index (χ4n) is 2.72. The molecule has 0 spiro atoms. The van der Waals surface area contributed by atoms with Crippen LogP contribution in [0.25, 0.3) is 0 Å². The number of aryl methyl sites for hydroxylation is 2. The number of halogens is 1. The minimum absolute atomic E-state index is 0.174. The number of benzene rings is 2. The van der Waals surface area contributed by atoms with Gasteiger partial charge in [0.15, 0.2) is 0 Å². The van der Waals surface area contributed by atoms with Crippen molar-refractivity contribution in [1.29, 1.82) is 0 Å². The lowest BCUT2D eigenvalue weighted by molar-refractivity contribution is 0.408. The molecule has 0 saturated heterocycles. The molecule has 0 heterocycles. The van der Waals surface area contributed by atoms with Crippen LogP contribution in [-0.4, -0.2) is 7.11 Å². The van der Waals surface area contributed by atoms with Crippen molar-refractivity contribution in [1.82, 2.24) is 0 Å². The van der Waals surface area contributed by atoms with Gasteiger partial charge in [-0.25, -0.2) is 4.39 Å². The number of hydrogen-bond donors (Lipinski definition) is 1. The molecule has 0 radical (unpaired) electrons. The van der Waals surface area contributed by atoms with Crippen LogP contribution in [0, 0.1) is 19.7 Å². The number of ether oxygens (including phenoxy) is 1. The predicted molar refractivity (Wildman–Crippen MR) is 79.5 cm³/mol. The lowest BCUT2D eigenvalue weighted by atomic mass is 9.92. The van der Waals surface area contributed by atoms with Crippen molar-refractivity contribution in [2.24, 2.45) is 5.73 Å². The van der Waals surface area contributed by atoms with Crippen LogP contribution in [0.2, 0.25) is 0 Å². The Morgan fingerprint density at radius 1 is 1.15 bits per heavy atom. The zero-order valence-electron chi connectivity index (χ0n) is 12.1. The second-order valence-electron chi connectivity index (χ2n) is 5.08. The van der Waals surface area contributed by atoms with Crippen molar-refractivity contribution in [2.75, 3.05) is 7.11 Å². The summed E-state index contributed by atoms with van der Waals surface area (Å²) in [5.74, 6) is 0.619. The van der Waals surface area contributed by atoms with E-state index in [1.165, 1.54) is 12.1 Å². The third-order valence-corrected chi connectivity index (χ3v) is 3.56. The summed E-state index contributed by atoms with van der Waals surface area (Å²) in [5, 5.41) is 0. The lowest BCUT2D eigenvalue weighted by Gasteiger charge is -2.19. The Labute approximate surface area is 119 Å². The van der Waals surface area contributed by atoms with E-state index in [-0.39, 0.29) is 11.9 Å². The van der Waals surface area contributed by atoms with E-state index in [0.29, 0.717) is 6.42 Å². The summed E-state index contributed by atoms with van der Waals surface area (Å²) >= 11 is 0. The van der Waals surface area contributed by atoms with Crippen LogP contribution in [0.15, 0.2) is 36.4 Å². The Kier molecular flexibility index (Phi) is 4.40. The second-order valence-corrected chi connectivity index (χ2v) is 5.08. The van der Waals surface area contributed by atoms with Gasteiger partial charge in [0.05, 0.1) is 7.11 Å². The molecule has 0 aliphatic heterocycles. The Balaban J connectivity index is 2.31. The van der Waals surface area contributed by atoms with Gasteiger partial charge < -0.3 is 10.5 Å². The molecular weight excluding hydrogens is 253 g/mol. The van der Waals surface area contributed by atoms with Crippen LogP contribution < -0.4 is 10.5 Å². The third kappa shape index (κ3) is 2.99. The standard InChI is InChI=1S/C17H20FNO/c1-11-8-14(18)9-12(2)17(11)15(19)10-13-6-4-5-7-16(13)20-3/h4-9,15H,10,19H2,1-3H3. The number of nitrogens with two attached hydrogens (primary N) is 1. The van der Waals surface area contributed by atoms with E-state index in [0.717, 1.165) is 28.0 Å². The zero-order chi connectivity index (χ0) is 14.7. The van der Waals surface area contributed by atoms with Crippen molar-refractivity contribution < 1.29 is 9.13 Å². The molecule has 1 unspecified atom stereocenters. The molecule has 0 fully saturated rings. The molecule has 106 valence electrons. The molecule has 2 nitrogen and oxygen atoms in total. The number of methoxy groups -OCH3 is 1. The average molecular weight is 273 g/mol. The van der Waals surface area contributed by atoms with Gasteiger partial charge in [0.2, 0.25) is 0 Å². The van der Waals surface area contributed by atoms with E-state index in [4.69, 9.17) is 10.5 Å². The highest BCUT2D eigenvalue weighted by molar-refractivity contribution is 5.40. The van der Waals surface area contributed by atoms with Crippen LogP contribution >= 0.6 is 0 Å². The maximum Gasteiger partial charge on any atom is 0.123 e. The van der Waals surface area contributed by atoms with Crippen molar-refractivity contribution in [3.63, 3.8) is 0 Å². The molecule has 1 atom stereocenters. The molecule has 2 rings (SSSR count). The molecular formula is C17H20FNO. The first kappa shape index (κ1) is 14.5. The Hall–Kier alpha value is -1.87. The van der Waals surface area contributed by atoms with Crippen LogP contribution in [0.5, 0.6) is 5.75 Å². The smallest absolute Gasteiger partial charge is 0.123 e. The molecule has 20 heavy (non-hydrogen) atoms. The SMILES string of the molecule is COc1ccccc1CC(N)c1c(C)cc(F)cc1C. The molecule has 0 aliphatic carbocycles. The highest BCUT2D eigenvalue weighted by Gasteiger charge is 2.15. The van der Waals surface area contributed by atoms with Crippen LogP contribution in [0.3, 0.4) is 0 Å². The van der Waals surface area contributed by atoms with E-state index in [1.807, 2.05) is 38.1 Å². The number of para-hydroxylation sites is 1. The van der Waals surface area contributed by atoms with Crippen molar-refractivity contribution >= 4 is 0 Å². The van der Waals surface area contributed by atoms with Crippen molar-refractivity contribution in [3.05, 3.63) is 64.5 Å². The largest absolute Gasteiger partial charge is 0.496 e. The van der Waals surface area contributed by atoms with Crippen molar-refractivity contribution in [2.45, 2.75) is 26.3 Å². The van der Waals surface area contributed by atoms with Crippen LogP contribution in [0.4, 0.5) is 4.39 Å². The monoisotopic (exact) mass is 273 g/mol. The minimum atomic E-state index is -0.215. The summed E-state index contributed by atoms with van der Waals surface area (Å²) in [7, 11) is 1.65. The summed E-state index contributed by atoms with van der Waals surface area (Å²) in [4.78, 5) is 0. The Bertz CT molecular complexity index is 587. The van der Waals surface area contributed by atoms with Gasteiger partial charge in [-0.2, -0.15) is 0 Å². The van der Waals surface area contributed by atoms with E-state index in [9.17, 15) is 4.39 Å². The van der Waals surface area contributed by atoms with Crippen molar-refractivity contribution in [3.8, 4) is 5.75 Å². The molecule has 2 aromatic carbocycles. The first-order chi connectivity index (χ1) is 9.52. The molecule has 3 heteroatoms. The van der Waals surface area contributed by atoms with E-state index in [2.05, 4.69) is 0 Å². The zero-order valence-corrected chi connectivity index (χ0v) is 12.1. The van der Waals surface area contributed by atoms with Crippen LogP contribution in [0.1, 0.15) is 28.3 Å². The molecule has 2 N–H and O–H groups in total. The maximum absolute atomic E-state index is 13.4. The van der Waals surface area contributed by atoms with Gasteiger partial charge in [-0.05, 0) is 60.7 Å². The van der Waals surface area contributed by atoms with Gasteiger partial charge in [0.25, 0.3) is 0 Å². The molecule has 0 aromatic heterocycles.